The molecule has 3 N–H and O–H groups in total. The maximum atomic E-state index is 12.4. The Labute approximate surface area is 137 Å². The van der Waals surface area contributed by atoms with Gasteiger partial charge in [0.1, 0.15) is 10.8 Å². The van der Waals surface area contributed by atoms with Gasteiger partial charge in [-0.15, -0.1) is 16.1 Å². The highest BCUT2D eigenvalue weighted by atomic mass is 35.5. The van der Waals surface area contributed by atoms with Crippen molar-refractivity contribution in [2.24, 2.45) is 0 Å². The molecule has 0 amide bonds. The first-order valence-electron chi connectivity index (χ1n) is 6.42. The van der Waals surface area contributed by atoms with Crippen LogP contribution < -0.4 is 10.5 Å². The van der Waals surface area contributed by atoms with E-state index in [1.54, 1.807) is 6.20 Å². The molecule has 1 aromatic carbocycles. The highest BCUT2D eigenvalue weighted by molar-refractivity contribution is 7.90. The van der Waals surface area contributed by atoms with Crippen molar-refractivity contribution < 1.29 is 4.55 Å². The summed E-state index contributed by atoms with van der Waals surface area (Å²) >= 11 is 6.41. The largest absolute Gasteiger partial charge is 0.598 e. The summed E-state index contributed by atoms with van der Waals surface area (Å²) in [6, 6.07) is 7.20. The quantitative estimate of drug-likeness (QED) is 0.833. The highest BCUT2D eigenvalue weighted by Gasteiger charge is 2.32. The van der Waals surface area contributed by atoms with Crippen molar-refractivity contribution in [2.45, 2.75) is 31.6 Å². The SMILES string of the molecule is CC(C)(C)[S+]([O-])N[C@@H](c1cnc(N)s1)c1ccccc1Cl. The van der Waals surface area contributed by atoms with Crippen LogP contribution in [0, 0.1) is 0 Å². The summed E-state index contributed by atoms with van der Waals surface area (Å²) in [5.74, 6) is 0. The molecule has 0 aliphatic rings. The number of thiazole rings is 1. The number of rotatable bonds is 4. The molecule has 0 aliphatic carbocycles. The lowest BCUT2D eigenvalue weighted by Gasteiger charge is -2.28. The average Bonchev–Trinajstić information content (AvgIpc) is 2.82. The summed E-state index contributed by atoms with van der Waals surface area (Å²) in [6.07, 6.45) is 1.70. The molecule has 4 nitrogen and oxygen atoms in total. The van der Waals surface area contributed by atoms with Gasteiger partial charge in [0.2, 0.25) is 0 Å². The van der Waals surface area contributed by atoms with E-state index in [0.717, 1.165) is 10.4 Å². The number of nitrogens with two attached hydrogens (primary N) is 1. The van der Waals surface area contributed by atoms with Crippen LogP contribution >= 0.6 is 22.9 Å². The summed E-state index contributed by atoms with van der Waals surface area (Å²) in [7, 11) is 0. The van der Waals surface area contributed by atoms with E-state index in [4.69, 9.17) is 17.3 Å². The molecule has 1 unspecified atom stereocenters. The molecule has 1 heterocycles. The number of aromatic nitrogens is 1. The lowest BCUT2D eigenvalue weighted by molar-refractivity contribution is 0.536. The molecule has 0 fully saturated rings. The minimum atomic E-state index is -1.24. The zero-order chi connectivity index (χ0) is 15.6. The molecular formula is C14H18ClN3OS2. The van der Waals surface area contributed by atoms with E-state index in [9.17, 15) is 4.55 Å². The smallest absolute Gasteiger partial charge is 0.180 e. The number of benzene rings is 1. The molecule has 2 atom stereocenters. The number of anilines is 1. The molecule has 0 spiro atoms. The normalized spacial score (nSPS) is 14.9. The zero-order valence-electron chi connectivity index (χ0n) is 12.1. The Hall–Kier alpha value is -0.790. The van der Waals surface area contributed by atoms with Gasteiger partial charge in [0.05, 0.1) is 4.88 Å². The first-order chi connectivity index (χ1) is 9.79. The fraction of sp³-hybridized carbons (Fsp3) is 0.357. The topological polar surface area (TPSA) is 74.0 Å². The Bertz CT molecular complexity index is 612. The van der Waals surface area contributed by atoms with Gasteiger partial charge < -0.3 is 10.3 Å². The highest BCUT2D eigenvalue weighted by Crippen LogP contribution is 2.33. The van der Waals surface area contributed by atoms with Crippen LogP contribution in [0.5, 0.6) is 0 Å². The predicted octanol–water partition coefficient (Wildman–Crippen LogP) is 3.52. The fourth-order valence-corrected chi connectivity index (χ4v) is 3.60. The fourth-order valence-electron chi connectivity index (χ4n) is 1.70. The molecule has 0 saturated carbocycles. The Morgan fingerprint density at radius 2 is 2.05 bits per heavy atom. The van der Waals surface area contributed by atoms with Crippen molar-refractivity contribution in [2.75, 3.05) is 5.73 Å². The Morgan fingerprint density at radius 1 is 1.38 bits per heavy atom. The van der Waals surface area contributed by atoms with Crippen LogP contribution in [0.2, 0.25) is 5.02 Å². The van der Waals surface area contributed by atoms with Crippen molar-refractivity contribution in [1.82, 2.24) is 9.71 Å². The molecule has 0 saturated heterocycles. The predicted molar refractivity (Wildman–Crippen MR) is 90.9 cm³/mol. The Balaban J connectivity index is 2.38. The number of hydrogen-bond acceptors (Lipinski definition) is 5. The van der Waals surface area contributed by atoms with Crippen molar-refractivity contribution in [3.8, 4) is 0 Å². The first kappa shape index (κ1) is 16.6. The van der Waals surface area contributed by atoms with Gasteiger partial charge in [-0.25, -0.2) is 4.98 Å². The number of nitrogens with one attached hydrogen (secondary N) is 1. The van der Waals surface area contributed by atoms with Gasteiger partial charge in [-0.2, -0.15) is 0 Å². The number of nitrogen functional groups attached to an aromatic ring is 1. The standard InChI is InChI=1S/C14H18ClN3OS2/c1-14(2,3)21(19)18-12(11-8-17-13(16)20-11)9-6-4-5-7-10(9)15/h4-8,12,18H,1-3H3,(H2,16,17)/t12-,21?/m1/s1. The zero-order valence-corrected chi connectivity index (χ0v) is 14.5. The monoisotopic (exact) mass is 343 g/mol. The van der Waals surface area contributed by atoms with E-state index in [1.165, 1.54) is 11.3 Å². The van der Waals surface area contributed by atoms with Crippen LogP contribution in [-0.4, -0.2) is 14.3 Å². The van der Waals surface area contributed by atoms with Crippen molar-refractivity contribution in [3.63, 3.8) is 0 Å². The van der Waals surface area contributed by atoms with Crippen molar-refractivity contribution >= 4 is 39.4 Å². The Kier molecular flexibility index (Phi) is 5.16. The third-order valence-corrected chi connectivity index (χ3v) is 5.62. The van der Waals surface area contributed by atoms with Crippen LogP contribution in [-0.2, 0) is 11.4 Å². The minimum Gasteiger partial charge on any atom is -0.598 e. The van der Waals surface area contributed by atoms with E-state index in [1.807, 2.05) is 45.0 Å². The number of hydrogen-bond donors (Lipinski definition) is 2. The second kappa shape index (κ2) is 6.54. The summed E-state index contributed by atoms with van der Waals surface area (Å²) in [5.41, 5.74) is 6.58. The lowest BCUT2D eigenvalue weighted by Crippen LogP contribution is -2.41. The van der Waals surface area contributed by atoms with Crippen molar-refractivity contribution in [1.29, 1.82) is 0 Å². The van der Waals surface area contributed by atoms with Crippen LogP contribution in [0.25, 0.3) is 0 Å². The molecule has 2 aromatic rings. The Morgan fingerprint density at radius 3 is 2.57 bits per heavy atom. The summed E-state index contributed by atoms with van der Waals surface area (Å²) in [6.45, 7) is 5.75. The maximum absolute atomic E-state index is 12.4. The molecule has 7 heteroatoms. The van der Waals surface area contributed by atoms with Gasteiger partial charge in [0, 0.05) is 22.6 Å². The third kappa shape index (κ3) is 4.11. The van der Waals surface area contributed by atoms with Crippen LogP contribution in [0.3, 0.4) is 0 Å². The van der Waals surface area contributed by atoms with Gasteiger partial charge in [0.25, 0.3) is 0 Å². The van der Waals surface area contributed by atoms with E-state index < -0.39 is 11.4 Å². The van der Waals surface area contributed by atoms with Crippen LogP contribution in [0.15, 0.2) is 30.5 Å². The summed E-state index contributed by atoms with van der Waals surface area (Å²) in [5, 5.41) is 1.10. The summed E-state index contributed by atoms with van der Waals surface area (Å²) in [4.78, 5) is 4.96. The molecule has 114 valence electrons. The molecule has 0 aliphatic heterocycles. The molecule has 2 rings (SSSR count). The van der Waals surface area contributed by atoms with E-state index in [0.29, 0.717) is 10.2 Å². The van der Waals surface area contributed by atoms with Crippen molar-refractivity contribution in [3.05, 3.63) is 45.9 Å². The summed E-state index contributed by atoms with van der Waals surface area (Å²) < 4.78 is 15.2. The van der Waals surface area contributed by atoms with E-state index in [-0.39, 0.29) is 10.8 Å². The maximum Gasteiger partial charge on any atom is 0.180 e. The van der Waals surface area contributed by atoms with Gasteiger partial charge in [0.15, 0.2) is 5.13 Å². The molecule has 1 aromatic heterocycles. The third-order valence-electron chi connectivity index (χ3n) is 2.82. The van der Waals surface area contributed by atoms with Gasteiger partial charge in [-0.3, -0.25) is 0 Å². The average molecular weight is 344 g/mol. The molecule has 0 bridgehead atoms. The number of halogens is 1. The van der Waals surface area contributed by atoms with Crippen LogP contribution in [0.4, 0.5) is 5.13 Å². The van der Waals surface area contributed by atoms with Gasteiger partial charge in [-0.1, -0.05) is 29.8 Å². The minimum absolute atomic E-state index is 0.298. The van der Waals surface area contributed by atoms with Crippen LogP contribution in [0.1, 0.15) is 37.3 Å². The first-order valence-corrected chi connectivity index (χ1v) is 8.77. The second-order valence-corrected chi connectivity index (χ2v) is 9.05. The second-order valence-electron chi connectivity index (χ2n) is 5.55. The van der Waals surface area contributed by atoms with E-state index >= 15 is 0 Å². The molecule has 0 radical (unpaired) electrons. The molecular weight excluding hydrogens is 326 g/mol. The molecule has 21 heavy (non-hydrogen) atoms. The number of nitrogens with zero attached hydrogens (tertiary/aromatic N) is 1. The lowest BCUT2D eigenvalue weighted by atomic mass is 10.1. The van der Waals surface area contributed by atoms with Gasteiger partial charge in [-0.05, 0) is 32.4 Å². The van der Waals surface area contributed by atoms with E-state index in [2.05, 4.69) is 9.71 Å². The van der Waals surface area contributed by atoms with Gasteiger partial charge >= 0.3 is 0 Å².